The average Bonchev–Trinajstić information content (AvgIpc) is 2.46. The molecule has 1 heterocycles. The van der Waals surface area contributed by atoms with E-state index < -0.39 is 0 Å². The molecule has 0 bridgehead atoms. The van der Waals surface area contributed by atoms with Crippen LogP contribution in [0.5, 0.6) is 5.75 Å². The number of rotatable bonds is 6. The number of aromatic hydroxyl groups is 1. The molecule has 2 aromatic rings. The molecule has 0 spiro atoms. The van der Waals surface area contributed by atoms with Crippen LogP contribution in [0.15, 0.2) is 30.5 Å². The fourth-order valence-corrected chi connectivity index (χ4v) is 2.29. The quantitative estimate of drug-likeness (QED) is 0.828. The molecule has 5 heteroatoms. The van der Waals surface area contributed by atoms with Crippen molar-refractivity contribution in [3.63, 3.8) is 0 Å². The molecule has 0 aliphatic heterocycles. The van der Waals surface area contributed by atoms with Crippen LogP contribution >= 0.6 is 0 Å². The van der Waals surface area contributed by atoms with E-state index in [0.29, 0.717) is 19.0 Å². The molecule has 5 nitrogen and oxygen atoms in total. The van der Waals surface area contributed by atoms with Gasteiger partial charge in [-0.3, -0.25) is 4.79 Å². The molecule has 0 saturated carbocycles. The van der Waals surface area contributed by atoms with Crippen molar-refractivity contribution in [1.29, 1.82) is 0 Å². The van der Waals surface area contributed by atoms with E-state index in [0.717, 1.165) is 17.2 Å². The predicted molar refractivity (Wildman–Crippen MR) is 82.5 cm³/mol. The van der Waals surface area contributed by atoms with Crippen LogP contribution in [0.1, 0.15) is 20.3 Å². The van der Waals surface area contributed by atoms with Gasteiger partial charge in [-0.05, 0) is 36.9 Å². The third-order valence-electron chi connectivity index (χ3n) is 3.15. The third kappa shape index (κ3) is 3.62. The first-order valence-electron chi connectivity index (χ1n) is 7.14. The zero-order chi connectivity index (χ0) is 15.2. The first kappa shape index (κ1) is 15.1. The lowest BCUT2D eigenvalue weighted by Crippen LogP contribution is -2.32. The molecule has 0 atom stereocenters. The Labute approximate surface area is 124 Å². The van der Waals surface area contributed by atoms with Gasteiger partial charge in [0.15, 0.2) is 0 Å². The highest BCUT2D eigenvalue weighted by Crippen LogP contribution is 2.27. The van der Waals surface area contributed by atoms with E-state index in [1.54, 1.807) is 25.3 Å². The summed E-state index contributed by atoms with van der Waals surface area (Å²) in [5, 5.41) is 11.5. The summed E-state index contributed by atoms with van der Waals surface area (Å²) in [5.41, 5.74) is 0. The topological polar surface area (TPSA) is 62.7 Å². The van der Waals surface area contributed by atoms with Crippen LogP contribution in [0, 0.1) is 0 Å². The molecule has 1 aromatic carbocycles. The van der Waals surface area contributed by atoms with E-state index in [9.17, 15) is 9.90 Å². The number of anilines is 1. The van der Waals surface area contributed by atoms with Crippen molar-refractivity contribution < 1.29 is 14.6 Å². The lowest BCUT2D eigenvalue weighted by atomic mass is 10.1. The number of carbonyl (C=O) groups is 1. The number of fused-ring (bicyclic) bond motifs is 1. The molecule has 21 heavy (non-hydrogen) atoms. The zero-order valence-electron chi connectivity index (χ0n) is 12.4. The van der Waals surface area contributed by atoms with Crippen LogP contribution in [0.25, 0.3) is 10.8 Å². The van der Waals surface area contributed by atoms with Crippen LogP contribution in [0.4, 0.5) is 5.82 Å². The molecule has 0 fully saturated rings. The molecule has 1 N–H and O–H groups in total. The molecular formula is C16H20N2O3. The van der Waals surface area contributed by atoms with Crippen molar-refractivity contribution in [2.45, 2.75) is 20.3 Å². The maximum absolute atomic E-state index is 11.8. The highest BCUT2D eigenvalue weighted by atomic mass is 16.5. The lowest BCUT2D eigenvalue weighted by Gasteiger charge is -2.23. The molecule has 112 valence electrons. The minimum absolute atomic E-state index is 0.156. The normalized spacial score (nSPS) is 10.6. The Morgan fingerprint density at radius 3 is 2.86 bits per heavy atom. The molecule has 2 rings (SSSR count). The number of esters is 1. The van der Waals surface area contributed by atoms with Gasteiger partial charge in [-0.25, -0.2) is 4.98 Å². The number of carbonyl (C=O) groups excluding carboxylic acids is 1. The number of ether oxygens (including phenoxy) is 1. The van der Waals surface area contributed by atoms with E-state index in [4.69, 9.17) is 4.74 Å². The molecule has 1 aromatic heterocycles. The van der Waals surface area contributed by atoms with Gasteiger partial charge in [-0.2, -0.15) is 0 Å². The van der Waals surface area contributed by atoms with Gasteiger partial charge in [-0.15, -0.1) is 0 Å². The Hall–Kier alpha value is -2.30. The first-order chi connectivity index (χ1) is 10.2. The van der Waals surface area contributed by atoms with Gasteiger partial charge in [0.05, 0.1) is 6.61 Å². The molecule has 0 aliphatic carbocycles. The second-order valence-corrected chi connectivity index (χ2v) is 4.77. The second-order valence-electron chi connectivity index (χ2n) is 4.77. The van der Waals surface area contributed by atoms with Crippen molar-refractivity contribution in [1.82, 2.24) is 4.98 Å². The summed E-state index contributed by atoms with van der Waals surface area (Å²) in [6.07, 6.45) is 2.60. The van der Waals surface area contributed by atoms with Gasteiger partial charge < -0.3 is 14.7 Å². The number of hydrogen-bond donors (Lipinski definition) is 1. The fourth-order valence-electron chi connectivity index (χ4n) is 2.29. The van der Waals surface area contributed by atoms with Crippen molar-refractivity contribution >= 4 is 22.6 Å². The Morgan fingerprint density at radius 2 is 2.14 bits per heavy atom. The summed E-state index contributed by atoms with van der Waals surface area (Å²) in [6.45, 7) is 5.05. The number of phenols is 1. The van der Waals surface area contributed by atoms with Crippen molar-refractivity contribution in [3.8, 4) is 5.75 Å². The van der Waals surface area contributed by atoms with Gasteiger partial charge in [0, 0.05) is 18.1 Å². The Morgan fingerprint density at radius 1 is 1.33 bits per heavy atom. The summed E-state index contributed by atoms with van der Waals surface area (Å²) < 4.78 is 5.02. The van der Waals surface area contributed by atoms with Crippen LogP contribution in [0.3, 0.4) is 0 Å². The smallest absolute Gasteiger partial charge is 0.325 e. The van der Waals surface area contributed by atoms with Gasteiger partial charge >= 0.3 is 5.97 Å². The number of phenolic OH excluding ortho intramolecular Hbond substituents is 1. The van der Waals surface area contributed by atoms with Gasteiger partial charge in [0.25, 0.3) is 0 Å². The number of benzene rings is 1. The van der Waals surface area contributed by atoms with Crippen LogP contribution < -0.4 is 4.90 Å². The average molecular weight is 288 g/mol. The standard InChI is InChI=1S/C16H20N2O3/c1-3-9-18(11-15(20)21-4-2)16-14-10-13(19)6-5-12(14)7-8-17-16/h5-8,10,19H,3-4,9,11H2,1-2H3. The van der Waals surface area contributed by atoms with Crippen molar-refractivity contribution in [2.75, 3.05) is 24.6 Å². The van der Waals surface area contributed by atoms with E-state index in [-0.39, 0.29) is 18.3 Å². The SMILES string of the molecule is CCCN(CC(=O)OCC)c1nccc2ccc(O)cc12. The van der Waals surface area contributed by atoms with Gasteiger partial charge in [0.1, 0.15) is 18.1 Å². The molecule has 0 amide bonds. The van der Waals surface area contributed by atoms with Crippen LogP contribution in [-0.2, 0) is 9.53 Å². The minimum atomic E-state index is -0.273. The van der Waals surface area contributed by atoms with E-state index in [1.165, 1.54) is 0 Å². The molecule has 0 aliphatic rings. The van der Waals surface area contributed by atoms with Gasteiger partial charge in [0.2, 0.25) is 0 Å². The molecule has 0 radical (unpaired) electrons. The minimum Gasteiger partial charge on any atom is -0.508 e. The number of pyridine rings is 1. The fraction of sp³-hybridized carbons (Fsp3) is 0.375. The summed E-state index contributed by atoms with van der Waals surface area (Å²) >= 11 is 0. The maximum atomic E-state index is 11.8. The molecular weight excluding hydrogens is 268 g/mol. The van der Waals surface area contributed by atoms with E-state index >= 15 is 0 Å². The van der Waals surface area contributed by atoms with Crippen molar-refractivity contribution in [2.24, 2.45) is 0 Å². The second kappa shape index (κ2) is 6.92. The van der Waals surface area contributed by atoms with Gasteiger partial charge in [-0.1, -0.05) is 13.0 Å². The predicted octanol–water partition coefficient (Wildman–Crippen LogP) is 2.72. The number of hydrogen-bond acceptors (Lipinski definition) is 5. The summed E-state index contributed by atoms with van der Waals surface area (Å²) in [6, 6.07) is 7.03. The monoisotopic (exact) mass is 288 g/mol. The largest absolute Gasteiger partial charge is 0.508 e. The summed E-state index contributed by atoms with van der Waals surface area (Å²) in [5.74, 6) is 0.604. The highest BCUT2D eigenvalue weighted by Gasteiger charge is 2.15. The third-order valence-corrected chi connectivity index (χ3v) is 3.15. The Balaban J connectivity index is 2.39. The van der Waals surface area contributed by atoms with Crippen molar-refractivity contribution in [3.05, 3.63) is 30.5 Å². The summed E-state index contributed by atoms with van der Waals surface area (Å²) in [4.78, 5) is 18.0. The first-order valence-corrected chi connectivity index (χ1v) is 7.14. The lowest BCUT2D eigenvalue weighted by molar-refractivity contribution is -0.141. The van der Waals surface area contributed by atoms with Crippen LogP contribution in [0.2, 0.25) is 0 Å². The Kier molecular flexibility index (Phi) is 4.98. The molecule has 0 saturated heterocycles. The number of aromatic nitrogens is 1. The van der Waals surface area contributed by atoms with Crippen LogP contribution in [-0.4, -0.2) is 35.8 Å². The zero-order valence-corrected chi connectivity index (χ0v) is 12.4. The number of nitrogens with zero attached hydrogens (tertiary/aromatic N) is 2. The Bertz CT molecular complexity index is 628. The van der Waals surface area contributed by atoms with E-state index in [2.05, 4.69) is 4.98 Å². The van der Waals surface area contributed by atoms with E-state index in [1.807, 2.05) is 24.0 Å². The summed E-state index contributed by atoms with van der Waals surface area (Å²) in [7, 11) is 0. The molecule has 0 unspecified atom stereocenters. The highest BCUT2D eigenvalue weighted by molar-refractivity contribution is 5.94. The maximum Gasteiger partial charge on any atom is 0.325 e.